The second kappa shape index (κ2) is 7.58. The van der Waals surface area contributed by atoms with Gasteiger partial charge in [-0.15, -0.1) is 0 Å². The van der Waals surface area contributed by atoms with Crippen LogP contribution in [-0.4, -0.2) is 32.7 Å². The van der Waals surface area contributed by atoms with Gasteiger partial charge in [0.05, 0.1) is 5.69 Å². The summed E-state index contributed by atoms with van der Waals surface area (Å²) >= 11 is 0. The zero-order valence-electron chi connectivity index (χ0n) is 16.8. The van der Waals surface area contributed by atoms with Crippen molar-refractivity contribution in [3.05, 3.63) is 47.0 Å². The summed E-state index contributed by atoms with van der Waals surface area (Å²) in [5.41, 5.74) is 1.90. The number of benzene rings is 1. The van der Waals surface area contributed by atoms with E-state index in [0.717, 1.165) is 25.0 Å². The van der Waals surface area contributed by atoms with Gasteiger partial charge in [-0.25, -0.2) is 4.98 Å². The van der Waals surface area contributed by atoms with Crippen molar-refractivity contribution in [2.24, 2.45) is 0 Å². The molecule has 0 radical (unpaired) electrons. The Bertz CT molecular complexity index is 920. The highest BCUT2D eigenvalue weighted by molar-refractivity contribution is 6.04. The molecule has 0 aliphatic carbocycles. The van der Waals surface area contributed by atoms with E-state index in [0.29, 0.717) is 23.5 Å². The van der Waals surface area contributed by atoms with Crippen molar-refractivity contribution in [3.8, 4) is 0 Å². The smallest absolute Gasteiger partial charge is 0.291 e. The summed E-state index contributed by atoms with van der Waals surface area (Å²) < 4.78 is 1.85. The molecule has 7 nitrogen and oxygen atoms in total. The lowest BCUT2D eigenvalue weighted by Crippen LogP contribution is -2.41. The maximum absolute atomic E-state index is 12.8. The third kappa shape index (κ3) is 4.30. The molecule has 2 aromatic rings. The predicted octanol–water partition coefficient (Wildman–Crippen LogP) is 3.20. The Hall–Kier alpha value is -2.96. The number of Topliss-reactive ketones (excluding diaryl/α,β-unsaturated/α-hetero) is 1. The number of ketones is 1. The van der Waals surface area contributed by atoms with Gasteiger partial charge in [0.25, 0.3) is 11.8 Å². The highest BCUT2D eigenvalue weighted by Crippen LogP contribution is 2.22. The number of fused-ring (bicyclic) bond motifs is 1. The molecule has 0 saturated heterocycles. The summed E-state index contributed by atoms with van der Waals surface area (Å²) in [4.78, 5) is 41.3. The molecule has 0 fully saturated rings. The Morgan fingerprint density at radius 2 is 1.71 bits per heavy atom. The first-order valence-corrected chi connectivity index (χ1v) is 9.50. The average Bonchev–Trinajstić information content (AvgIpc) is 3.01. The van der Waals surface area contributed by atoms with Crippen LogP contribution in [0.3, 0.4) is 0 Å². The van der Waals surface area contributed by atoms with E-state index in [1.807, 2.05) is 25.3 Å². The van der Waals surface area contributed by atoms with Crippen LogP contribution in [0.15, 0.2) is 24.3 Å². The monoisotopic (exact) mass is 382 g/mol. The SMILES string of the molecule is CC(=O)c1ccc(NC(=O)c2nc(C(=O)NC(C)(C)C)c3n2CCCC3)cc1. The van der Waals surface area contributed by atoms with E-state index in [4.69, 9.17) is 0 Å². The number of carbonyl (C=O) groups is 3. The number of rotatable bonds is 4. The van der Waals surface area contributed by atoms with Crippen molar-refractivity contribution in [2.45, 2.75) is 59.0 Å². The third-order valence-electron chi connectivity index (χ3n) is 4.57. The number of carbonyl (C=O) groups excluding carboxylic acids is 3. The van der Waals surface area contributed by atoms with Crippen LogP contribution in [-0.2, 0) is 13.0 Å². The van der Waals surface area contributed by atoms with Gasteiger partial charge in [-0.3, -0.25) is 14.4 Å². The van der Waals surface area contributed by atoms with Crippen LogP contribution in [0, 0.1) is 0 Å². The fourth-order valence-electron chi connectivity index (χ4n) is 3.27. The molecule has 0 atom stereocenters. The van der Waals surface area contributed by atoms with Gasteiger partial charge in [0.15, 0.2) is 11.6 Å². The zero-order valence-corrected chi connectivity index (χ0v) is 16.8. The predicted molar refractivity (Wildman–Crippen MR) is 107 cm³/mol. The molecular weight excluding hydrogens is 356 g/mol. The molecule has 7 heteroatoms. The maximum atomic E-state index is 12.8. The summed E-state index contributed by atoms with van der Waals surface area (Å²) in [6.07, 6.45) is 2.63. The van der Waals surface area contributed by atoms with Gasteiger partial charge in [0.2, 0.25) is 0 Å². The van der Waals surface area contributed by atoms with Crippen molar-refractivity contribution in [3.63, 3.8) is 0 Å². The van der Waals surface area contributed by atoms with Crippen LogP contribution in [0.4, 0.5) is 5.69 Å². The first-order valence-electron chi connectivity index (χ1n) is 9.50. The molecule has 2 amide bonds. The Morgan fingerprint density at radius 1 is 1.04 bits per heavy atom. The van der Waals surface area contributed by atoms with Gasteiger partial charge in [0.1, 0.15) is 5.69 Å². The van der Waals surface area contributed by atoms with Crippen molar-refractivity contribution in [2.75, 3.05) is 5.32 Å². The minimum Gasteiger partial charge on any atom is -0.346 e. The molecule has 0 bridgehead atoms. The Morgan fingerprint density at radius 3 is 2.32 bits per heavy atom. The van der Waals surface area contributed by atoms with Crippen molar-refractivity contribution < 1.29 is 14.4 Å². The summed E-state index contributed by atoms with van der Waals surface area (Å²) in [6.45, 7) is 7.88. The largest absolute Gasteiger partial charge is 0.346 e. The zero-order chi connectivity index (χ0) is 20.5. The first-order chi connectivity index (χ1) is 13.2. The number of nitrogens with one attached hydrogen (secondary N) is 2. The third-order valence-corrected chi connectivity index (χ3v) is 4.57. The molecule has 1 aliphatic rings. The minimum atomic E-state index is -0.386. The van der Waals surface area contributed by atoms with Gasteiger partial charge in [0, 0.05) is 23.3 Å². The van der Waals surface area contributed by atoms with Crippen molar-refractivity contribution in [1.82, 2.24) is 14.9 Å². The molecule has 1 aliphatic heterocycles. The van der Waals surface area contributed by atoms with Crippen LogP contribution in [0.25, 0.3) is 0 Å². The van der Waals surface area contributed by atoms with E-state index in [-0.39, 0.29) is 29.0 Å². The average molecular weight is 382 g/mol. The summed E-state index contributed by atoms with van der Waals surface area (Å²) in [6, 6.07) is 6.70. The van der Waals surface area contributed by atoms with Crippen LogP contribution >= 0.6 is 0 Å². The molecule has 1 aromatic heterocycles. The van der Waals surface area contributed by atoms with Gasteiger partial charge >= 0.3 is 0 Å². The van der Waals surface area contributed by atoms with Gasteiger partial charge in [-0.2, -0.15) is 0 Å². The Kier molecular flexibility index (Phi) is 5.36. The number of amides is 2. The number of hydrogen-bond donors (Lipinski definition) is 2. The van der Waals surface area contributed by atoms with Crippen molar-refractivity contribution in [1.29, 1.82) is 0 Å². The van der Waals surface area contributed by atoms with Gasteiger partial charge in [-0.05, 0) is 71.2 Å². The highest BCUT2D eigenvalue weighted by Gasteiger charge is 2.29. The molecule has 0 unspecified atom stereocenters. The molecule has 0 spiro atoms. The molecule has 2 heterocycles. The van der Waals surface area contributed by atoms with E-state index in [1.165, 1.54) is 6.92 Å². The standard InChI is InChI=1S/C21H26N4O3/c1-13(26)14-8-10-15(11-9-14)22-20(28)18-23-17(19(27)24-21(2,3)4)16-7-5-6-12-25(16)18/h8-11H,5-7,12H2,1-4H3,(H,22,28)(H,24,27). The van der Waals surface area contributed by atoms with E-state index in [9.17, 15) is 14.4 Å². The maximum Gasteiger partial charge on any atom is 0.291 e. The fraction of sp³-hybridized carbons (Fsp3) is 0.429. The minimum absolute atomic E-state index is 0.0327. The van der Waals surface area contributed by atoms with E-state index < -0.39 is 0 Å². The lowest BCUT2D eigenvalue weighted by molar-refractivity contribution is 0.0912. The van der Waals surface area contributed by atoms with Crippen LogP contribution in [0.1, 0.15) is 77.7 Å². The number of aromatic nitrogens is 2. The van der Waals surface area contributed by atoms with Crippen LogP contribution < -0.4 is 10.6 Å². The van der Waals surface area contributed by atoms with E-state index in [2.05, 4.69) is 15.6 Å². The first kappa shape index (κ1) is 19.8. The molecule has 1 aromatic carbocycles. The van der Waals surface area contributed by atoms with Crippen LogP contribution in [0.5, 0.6) is 0 Å². The van der Waals surface area contributed by atoms with Crippen LogP contribution in [0.2, 0.25) is 0 Å². The molecule has 0 saturated carbocycles. The highest BCUT2D eigenvalue weighted by atomic mass is 16.2. The number of hydrogen-bond acceptors (Lipinski definition) is 4. The summed E-state index contributed by atoms with van der Waals surface area (Å²) in [7, 11) is 0. The number of imidazole rings is 1. The molecule has 3 rings (SSSR count). The fourth-order valence-corrected chi connectivity index (χ4v) is 3.27. The number of anilines is 1. The van der Waals surface area contributed by atoms with E-state index >= 15 is 0 Å². The lowest BCUT2D eigenvalue weighted by atomic mass is 10.1. The quantitative estimate of drug-likeness (QED) is 0.794. The Balaban J connectivity index is 1.87. The van der Waals surface area contributed by atoms with Crippen molar-refractivity contribution >= 4 is 23.3 Å². The second-order valence-electron chi connectivity index (χ2n) is 8.13. The van der Waals surface area contributed by atoms with Gasteiger partial charge < -0.3 is 15.2 Å². The molecule has 2 N–H and O–H groups in total. The molecular formula is C21H26N4O3. The summed E-state index contributed by atoms with van der Waals surface area (Å²) in [5, 5.41) is 5.74. The topological polar surface area (TPSA) is 93.1 Å². The Labute approximate surface area is 164 Å². The summed E-state index contributed by atoms with van der Waals surface area (Å²) in [5.74, 6) is -0.421. The van der Waals surface area contributed by atoms with Gasteiger partial charge in [-0.1, -0.05) is 0 Å². The molecule has 28 heavy (non-hydrogen) atoms. The number of nitrogens with zero attached hydrogens (tertiary/aromatic N) is 2. The lowest BCUT2D eigenvalue weighted by Gasteiger charge is -2.21. The normalized spacial score (nSPS) is 13.6. The second-order valence-corrected chi connectivity index (χ2v) is 8.13. The van der Waals surface area contributed by atoms with E-state index in [1.54, 1.807) is 24.3 Å². The molecule has 148 valence electrons.